The molecule has 0 saturated carbocycles. The molecule has 0 aliphatic heterocycles. The number of nitrogens with one attached hydrogen (secondary N) is 3. The van der Waals surface area contributed by atoms with Crippen molar-refractivity contribution in [1.82, 2.24) is 15.6 Å². The van der Waals surface area contributed by atoms with Crippen molar-refractivity contribution in [3.63, 3.8) is 0 Å². The minimum atomic E-state index is -1.12. The van der Waals surface area contributed by atoms with Gasteiger partial charge in [-0.15, -0.1) is 0 Å². The highest BCUT2D eigenvalue weighted by Crippen LogP contribution is 2.33. The third-order valence-corrected chi connectivity index (χ3v) is 9.97. The number of amides is 3. The summed E-state index contributed by atoms with van der Waals surface area (Å²) in [5.74, 6) is -2.04. The van der Waals surface area contributed by atoms with Crippen molar-refractivity contribution < 1.29 is 52.7 Å². The monoisotopic (exact) mass is 879 g/mol. The Hall–Kier alpha value is -8.53. The molecule has 332 valence electrons. The number of carboxylic acids is 2. The lowest BCUT2D eigenvalue weighted by molar-refractivity contribution is -0.139. The molecule has 5 aromatic carbocycles. The molecule has 3 atom stereocenters. The number of nitrogens with zero attached hydrogens (tertiary/aromatic N) is 2. The summed E-state index contributed by atoms with van der Waals surface area (Å²) < 4.78 is 21.6. The van der Waals surface area contributed by atoms with Gasteiger partial charge in [0.2, 0.25) is 0 Å². The van der Waals surface area contributed by atoms with Gasteiger partial charge in [0.1, 0.15) is 41.0 Å². The maximum atomic E-state index is 12.7. The van der Waals surface area contributed by atoms with Crippen molar-refractivity contribution in [2.24, 2.45) is 0 Å². The van der Waals surface area contributed by atoms with Crippen LogP contribution in [0, 0.1) is 13.8 Å². The fraction of sp³-hybridized carbons (Fsp3) is 0.163. The largest absolute Gasteiger partial charge is 0.480 e. The number of anilines is 2. The van der Waals surface area contributed by atoms with Crippen LogP contribution in [0.25, 0.3) is 22.6 Å². The molecule has 3 amide bonds. The van der Waals surface area contributed by atoms with Crippen molar-refractivity contribution in [3.05, 3.63) is 179 Å². The Labute approximate surface area is 373 Å². The predicted octanol–water partition coefficient (Wildman–Crippen LogP) is 10.0. The van der Waals surface area contributed by atoms with Gasteiger partial charge in [0.25, 0.3) is 5.91 Å². The van der Waals surface area contributed by atoms with Crippen molar-refractivity contribution in [2.75, 3.05) is 10.6 Å². The molecular weight excluding hydrogens is 835 g/mol. The van der Waals surface area contributed by atoms with Crippen LogP contribution in [0.5, 0.6) is 0 Å². The molecule has 7 rings (SSSR count). The third kappa shape index (κ3) is 12.3. The number of carbonyl (C=O) groups is 5. The number of aryl methyl sites for hydroxylation is 2. The van der Waals surface area contributed by atoms with Crippen molar-refractivity contribution in [2.45, 2.75) is 52.4 Å². The highest BCUT2D eigenvalue weighted by atomic mass is 16.6. The number of aliphatic carboxylic acids is 1. The zero-order valence-corrected chi connectivity index (χ0v) is 35.7. The van der Waals surface area contributed by atoms with Crippen LogP contribution in [0.15, 0.2) is 149 Å². The summed E-state index contributed by atoms with van der Waals surface area (Å²) in [5, 5.41) is 34.3. The number of hydrogen-bond acceptors (Lipinski definition) is 11. The Kier molecular flexibility index (Phi) is 15.2. The Balaban J connectivity index is 0.000000228. The van der Waals surface area contributed by atoms with Gasteiger partial charge >= 0.3 is 24.1 Å². The third-order valence-electron chi connectivity index (χ3n) is 9.97. The van der Waals surface area contributed by atoms with E-state index < -0.39 is 48.3 Å². The van der Waals surface area contributed by atoms with E-state index in [0.717, 1.165) is 16.7 Å². The van der Waals surface area contributed by atoms with E-state index in [2.05, 4.69) is 26.3 Å². The summed E-state index contributed by atoms with van der Waals surface area (Å²) in [4.78, 5) is 60.3. The van der Waals surface area contributed by atoms with Crippen LogP contribution in [-0.2, 0) is 20.7 Å². The summed E-state index contributed by atoms with van der Waals surface area (Å²) in [7, 11) is 0. The molecule has 0 aliphatic rings. The molecule has 0 unspecified atom stereocenters. The van der Waals surface area contributed by atoms with Gasteiger partial charge in [0.15, 0.2) is 11.5 Å². The second-order valence-electron chi connectivity index (χ2n) is 14.6. The lowest BCUT2D eigenvalue weighted by atomic mass is 10.0. The van der Waals surface area contributed by atoms with Crippen LogP contribution in [0.2, 0.25) is 0 Å². The predicted molar refractivity (Wildman–Crippen MR) is 239 cm³/mol. The summed E-state index contributed by atoms with van der Waals surface area (Å²) in [5.41, 5.74) is 5.77. The van der Waals surface area contributed by atoms with Gasteiger partial charge in [-0.25, -0.2) is 19.2 Å². The van der Waals surface area contributed by atoms with Gasteiger partial charge in [-0.05, 0) is 68.7 Å². The lowest BCUT2D eigenvalue weighted by Crippen LogP contribution is -2.42. The quantitative estimate of drug-likeness (QED) is 0.0685. The topological polar surface area (TPSA) is 232 Å². The Morgan fingerprint density at radius 1 is 0.569 bits per heavy atom. The van der Waals surface area contributed by atoms with Crippen LogP contribution in [0.4, 0.5) is 21.0 Å². The second kappa shape index (κ2) is 21.5. The molecule has 16 heteroatoms. The molecule has 2 heterocycles. The number of carboxylic acid groups (broad SMARTS) is 2. The lowest BCUT2D eigenvalue weighted by Gasteiger charge is -2.15. The molecule has 0 saturated heterocycles. The maximum Gasteiger partial charge on any atom is 0.412 e. The molecule has 0 fully saturated rings. The van der Waals surface area contributed by atoms with Crippen LogP contribution in [0.1, 0.15) is 74.8 Å². The fourth-order valence-electron chi connectivity index (χ4n) is 6.42. The Bertz CT molecular complexity index is 2720. The van der Waals surface area contributed by atoms with Crippen LogP contribution < -0.4 is 16.0 Å². The summed E-state index contributed by atoms with van der Waals surface area (Å²) in [6.45, 7) is 6.93. The van der Waals surface area contributed by atoms with Crippen LogP contribution in [0.3, 0.4) is 0 Å². The first-order valence-corrected chi connectivity index (χ1v) is 20.3. The zero-order valence-electron chi connectivity index (χ0n) is 35.7. The maximum absolute atomic E-state index is 12.7. The number of ether oxygens (including phenoxy) is 2. The molecular formula is C49H45N5O11. The second-order valence-corrected chi connectivity index (χ2v) is 14.6. The highest BCUT2D eigenvalue weighted by molar-refractivity contribution is 5.97. The Morgan fingerprint density at radius 3 is 1.37 bits per heavy atom. The normalized spacial score (nSPS) is 12.0. The van der Waals surface area contributed by atoms with E-state index in [1.165, 1.54) is 12.1 Å². The van der Waals surface area contributed by atoms with Crippen LogP contribution in [-0.4, -0.2) is 56.6 Å². The number of aromatic carboxylic acids is 1. The number of hydrogen-bond donors (Lipinski definition) is 5. The zero-order chi connectivity index (χ0) is 46.5. The number of aromatic nitrogens is 2. The van der Waals surface area contributed by atoms with Gasteiger partial charge in [-0.1, -0.05) is 126 Å². The summed E-state index contributed by atoms with van der Waals surface area (Å²) >= 11 is 0. The van der Waals surface area contributed by atoms with E-state index in [1.54, 1.807) is 76.2 Å². The molecule has 65 heavy (non-hydrogen) atoms. The minimum absolute atomic E-state index is 0.153. The summed E-state index contributed by atoms with van der Waals surface area (Å²) in [6, 6.07) is 39.2. The first-order chi connectivity index (χ1) is 31.3. The van der Waals surface area contributed by atoms with E-state index in [-0.39, 0.29) is 17.5 Å². The van der Waals surface area contributed by atoms with Crippen molar-refractivity contribution in [3.8, 4) is 22.6 Å². The molecule has 16 nitrogen and oxygen atoms in total. The van der Waals surface area contributed by atoms with Crippen molar-refractivity contribution >= 4 is 41.4 Å². The van der Waals surface area contributed by atoms with E-state index in [1.807, 2.05) is 78.9 Å². The van der Waals surface area contributed by atoms with Gasteiger partial charge in [-0.3, -0.25) is 15.4 Å². The minimum Gasteiger partial charge on any atom is -0.480 e. The van der Waals surface area contributed by atoms with E-state index in [4.69, 9.17) is 23.6 Å². The Morgan fingerprint density at radius 2 is 0.969 bits per heavy atom. The summed E-state index contributed by atoms with van der Waals surface area (Å²) in [6.07, 6.45) is -2.03. The van der Waals surface area contributed by atoms with Crippen LogP contribution >= 0.6 is 0 Å². The van der Waals surface area contributed by atoms with Crippen molar-refractivity contribution in [1.29, 1.82) is 0 Å². The van der Waals surface area contributed by atoms with Gasteiger partial charge < -0.3 is 34.0 Å². The molecule has 0 radical (unpaired) electrons. The molecule has 7 aromatic rings. The fourth-order valence-corrected chi connectivity index (χ4v) is 6.42. The molecule has 0 bridgehead atoms. The average molecular weight is 880 g/mol. The average Bonchev–Trinajstić information content (AvgIpc) is 3.86. The number of rotatable bonds is 14. The molecule has 0 aliphatic carbocycles. The molecule has 0 spiro atoms. The first kappa shape index (κ1) is 46.0. The molecule has 5 N–H and O–H groups in total. The standard InChI is InChI=1S/C29H27N3O6.C20H18N2O5/c1-18-25(31-29(36)37-19(2)21-11-7-4-8-12-21)26(38-32-18)22-13-15-23(16-14-22)27(33)30-24(28(34)35)17-20-9-5-3-6-10-20;1-12-17(21-20(25)26-13(2)14-6-4-3-5-7-14)18(27-22-12)15-8-10-16(11-9-15)19(23)24/h3-16,19,24H,17H2,1-2H3,(H,30,33)(H,31,36)(H,34,35);3-11,13H,1-2H3,(H,21,25)(H,23,24)/t19-,24+;13-/m10/s1. The van der Waals surface area contributed by atoms with E-state index >= 15 is 0 Å². The van der Waals surface area contributed by atoms with E-state index in [9.17, 15) is 29.1 Å². The van der Waals surface area contributed by atoms with E-state index in [0.29, 0.717) is 45.4 Å². The first-order valence-electron chi connectivity index (χ1n) is 20.3. The van der Waals surface area contributed by atoms with Gasteiger partial charge in [0, 0.05) is 23.1 Å². The molecule has 2 aromatic heterocycles. The highest BCUT2D eigenvalue weighted by Gasteiger charge is 2.24. The SMILES string of the molecule is Cc1noc(-c2ccc(C(=O)N[C@@H](Cc3ccccc3)C(=O)O)cc2)c1NC(=O)O[C@H](C)c1ccccc1.Cc1noc(-c2ccc(C(=O)O)cc2)c1NC(=O)O[C@@H](C)c1ccccc1. The number of benzene rings is 5. The smallest absolute Gasteiger partial charge is 0.412 e. The van der Waals surface area contributed by atoms with Gasteiger partial charge in [0.05, 0.1) is 5.56 Å². The van der Waals surface area contributed by atoms with Gasteiger partial charge in [-0.2, -0.15) is 0 Å². The number of carbonyl (C=O) groups excluding carboxylic acids is 3.